The van der Waals surface area contributed by atoms with Crippen molar-refractivity contribution in [2.75, 3.05) is 4.31 Å². The maximum Gasteiger partial charge on any atom is 0.269 e. The number of sulfonamides is 1. The van der Waals surface area contributed by atoms with Crippen molar-refractivity contribution >= 4 is 21.5 Å². The van der Waals surface area contributed by atoms with Gasteiger partial charge < -0.3 is 0 Å². The molecule has 5 heteroatoms. The van der Waals surface area contributed by atoms with Crippen LogP contribution in [-0.4, -0.2) is 13.4 Å². The lowest BCUT2D eigenvalue weighted by atomic mass is 10.1. The minimum Gasteiger partial charge on any atom is -0.238 e. The molecule has 0 fully saturated rings. The van der Waals surface area contributed by atoms with Gasteiger partial charge in [0.2, 0.25) is 0 Å². The average Bonchev–Trinajstić information content (AvgIpc) is 2.59. The number of nitrogens with zero attached hydrogens (tertiary/aromatic N) is 2. The summed E-state index contributed by atoms with van der Waals surface area (Å²) in [6.45, 7) is 5.89. The topological polar surface area (TPSA) is 50.3 Å². The second-order valence-electron chi connectivity index (χ2n) is 6.04. The predicted molar refractivity (Wildman–Crippen MR) is 101 cm³/mol. The molecule has 0 unspecified atom stereocenters. The minimum atomic E-state index is -3.78. The summed E-state index contributed by atoms with van der Waals surface area (Å²) in [5.41, 5.74) is 3.71. The van der Waals surface area contributed by atoms with E-state index in [1.165, 1.54) is 4.31 Å². The molecule has 0 atom stereocenters. The summed E-state index contributed by atoms with van der Waals surface area (Å²) < 4.78 is 27.9. The van der Waals surface area contributed by atoms with Gasteiger partial charge in [0.1, 0.15) is 5.82 Å². The van der Waals surface area contributed by atoms with Crippen LogP contribution < -0.4 is 4.31 Å². The van der Waals surface area contributed by atoms with Crippen molar-refractivity contribution in [3.05, 3.63) is 83.6 Å². The van der Waals surface area contributed by atoms with Gasteiger partial charge in [-0.25, -0.2) is 17.7 Å². The van der Waals surface area contributed by atoms with E-state index in [1.807, 2.05) is 39.0 Å². The Labute approximate surface area is 148 Å². The number of pyridine rings is 1. The molecule has 0 aliphatic heterocycles. The summed E-state index contributed by atoms with van der Waals surface area (Å²) in [6.07, 6.45) is 1.59. The Hall–Kier alpha value is -2.66. The highest BCUT2D eigenvalue weighted by Gasteiger charge is 2.27. The van der Waals surface area contributed by atoms with Gasteiger partial charge in [-0.05, 0) is 68.3 Å². The van der Waals surface area contributed by atoms with Crippen LogP contribution in [0, 0.1) is 20.8 Å². The molecule has 25 heavy (non-hydrogen) atoms. The van der Waals surface area contributed by atoms with Gasteiger partial charge in [0.05, 0.1) is 10.6 Å². The van der Waals surface area contributed by atoms with Crippen LogP contribution in [0.3, 0.4) is 0 Å². The Bertz CT molecular complexity index is 982. The van der Waals surface area contributed by atoms with E-state index in [-0.39, 0.29) is 4.90 Å². The molecule has 0 bridgehead atoms. The molecule has 0 saturated carbocycles. The van der Waals surface area contributed by atoms with Crippen molar-refractivity contribution in [3.63, 3.8) is 0 Å². The monoisotopic (exact) mass is 352 g/mol. The van der Waals surface area contributed by atoms with Gasteiger partial charge in [-0.2, -0.15) is 0 Å². The molecule has 3 aromatic rings. The Morgan fingerprint density at radius 2 is 1.56 bits per heavy atom. The zero-order valence-electron chi connectivity index (χ0n) is 14.5. The molecule has 1 aromatic heterocycles. The molecule has 4 nitrogen and oxygen atoms in total. The Balaban J connectivity index is 2.20. The predicted octanol–water partition coefficient (Wildman–Crippen LogP) is 4.53. The zero-order valence-corrected chi connectivity index (χ0v) is 15.3. The molecule has 0 N–H and O–H groups in total. The zero-order chi connectivity index (χ0) is 18.0. The maximum atomic E-state index is 13.3. The molecule has 0 amide bonds. The van der Waals surface area contributed by atoms with Gasteiger partial charge in [-0.3, -0.25) is 0 Å². The van der Waals surface area contributed by atoms with Crippen molar-refractivity contribution in [2.45, 2.75) is 25.7 Å². The molecular weight excluding hydrogens is 332 g/mol. The van der Waals surface area contributed by atoms with Crippen molar-refractivity contribution < 1.29 is 8.42 Å². The van der Waals surface area contributed by atoms with Crippen LogP contribution in [0.4, 0.5) is 11.5 Å². The SMILES string of the molecule is Cc1ccc(S(=O)(=O)N(c2ccc(C)c(C)c2)c2ccccn2)cc1. The van der Waals surface area contributed by atoms with Crippen molar-refractivity contribution in [2.24, 2.45) is 0 Å². The first kappa shape index (κ1) is 17.2. The average molecular weight is 352 g/mol. The van der Waals surface area contributed by atoms with Gasteiger partial charge >= 0.3 is 0 Å². The molecular formula is C20H20N2O2S. The number of aromatic nitrogens is 1. The summed E-state index contributed by atoms with van der Waals surface area (Å²) in [7, 11) is -3.78. The molecule has 0 saturated heterocycles. The van der Waals surface area contributed by atoms with Gasteiger partial charge in [-0.1, -0.05) is 29.8 Å². The lowest BCUT2D eigenvalue weighted by Gasteiger charge is -2.24. The fraction of sp³-hybridized carbons (Fsp3) is 0.150. The molecule has 0 radical (unpaired) electrons. The lowest BCUT2D eigenvalue weighted by molar-refractivity contribution is 0.596. The number of anilines is 2. The molecule has 1 heterocycles. The fourth-order valence-electron chi connectivity index (χ4n) is 2.54. The second-order valence-corrected chi connectivity index (χ2v) is 7.83. The highest BCUT2D eigenvalue weighted by Crippen LogP contribution is 2.32. The third kappa shape index (κ3) is 3.42. The van der Waals surface area contributed by atoms with E-state index in [1.54, 1.807) is 48.7 Å². The van der Waals surface area contributed by atoms with Gasteiger partial charge in [0, 0.05) is 6.20 Å². The minimum absolute atomic E-state index is 0.238. The van der Waals surface area contributed by atoms with Crippen molar-refractivity contribution in [1.29, 1.82) is 0 Å². The van der Waals surface area contributed by atoms with E-state index < -0.39 is 10.0 Å². The van der Waals surface area contributed by atoms with Crippen LogP contribution in [0.5, 0.6) is 0 Å². The Morgan fingerprint density at radius 3 is 2.16 bits per heavy atom. The highest BCUT2D eigenvalue weighted by molar-refractivity contribution is 7.93. The number of hydrogen-bond acceptors (Lipinski definition) is 3. The first-order valence-corrected chi connectivity index (χ1v) is 9.44. The summed E-state index contributed by atoms with van der Waals surface area (Å²) in [5.74, 6) is 0.367. The molecule has 0 spiro atoms. The molecule has 0 aliphatic carbocycles. The number of hydrogen-bond donors (Lipinski definition) is 0. The number of aryl methyl sites for hydroxylation is 3. The van der Waals surface area contributed by atoms with Crippen LogP contribution in [0.1, 0.15) is 16.7 Å². The summed E-state index contributed by atoms with van der Waals surface area (Å²) in [4.78, 5) is 4.50. The smallest absolute Gasteiger partial charge is 0.238 e. The van der Waals surface area contributed by atoms with Crippen LogP contribution in [0.25, 0.3) is 0 Å². The van der Waals surface area contributed by atoms with Gasteiger partial charge in [-0.15, -0.1) is 0 Å². The van der Waals surface area contributed by atoms with Gasteiger partial charge in [0.25, 0.3) is 10.0 Å². The van der Waals surface area contributed by atoms with Crippen LogP contribution >= 0.6 is 0 Å². The van der Waals surface area contributed by atoms with Crippen molar-refractivity contribution in [3.8, 4) is 0 Å². The Kier molecular flexibility index (Phi) is 4.59. The Morgan fingerprint density at radius 1 is 0.840 bits per heavy atom. The van der Waals surface area contributed by atoms with E-state index in [9.17, 15) is 8.42 Å². The van der Waals surface area contributed by atoms with Crippen molar-refractivity contribution in [1.82, 2.24) is 4.98 Å². The second kappa shape index (κ2) is 6.69. The van der Waals surface area contributed by atoms with Crippen LogP contribution in [0.15, 0.2) is 71.8 Å². The largest absolute Gasteiger partial charge is 0.269 e. The van der Waals surface area contributed by atoms with E-state index in [0.29, 0.717) is 11.5 Å². The molecule has 0 aliphatic rings. The summed E-state index contributed by atoms with van der Waals surface area (Å²) in [5, 5.41) is 0. The first-order chi connectivity index (χ1) is 11.9. The van der Waals surface area contributed by atoms with E-state index >= 15 is 0 Å². The third-order valence-corrected chi connectivity index (χ3v) is 5.89. The lowest BCUT2D eigenvalue weighted by Crippen LogP contribution is -2.27. The summed E-state index contributed by atoms with van der Waals surface area (Å²) >= 11 is 0. The quantitative estimate of drug-likeness (QED) is 0.693. The number of benzene rings is 2. The van der Waals surface area contributed by atoms with Crippen LogP contribution in [-0.2, 0) is 10.0 Å². The highest BCUT2D eigenvalue weighted by atomic mass is 32.2. The third-order valence-electron chi connectivity index (χ3n) is 4.14. The molecule has 128 valence electrons. The fourth-order valence-corrected chi connectivity index (χ4v) is 3.97. The van der Waals surface area contributed by atoms with Gasteiger partial charge in [0.15, 0.2) is 0 Å². The molecule has 3 rings (SSSR count). The standard InChI is InChI=1S/C20H20N2O2S/c1-15-7-11-19(12-8-15)25(23,24)22(20-6-4-5-13-21-20)18-10-9-16(2)17(3)14-18/h4-14H,1-3H3. The van der Waals surface area contributed by atoms with E-state index in [2.05, 4.69) is 4.98 Å². The number of rotatable bonds is 4. The summed E-state index contributed by atoms with van der Waals surface area (Å²) in [6, 6.07) is 17.7. The van der Waals surface area contributed by atoms with Crippen LogP contribution in [0.2, 0.25) is 0 Å². The normalized spacial score (nSPS) is 11.3. The van der Waals surface area contributed by atoms with E-state index in [4.69, 9.17) is 0 Å². The van der Waals surface area contributed by atoms with E-state index in [0.717, 1.165) is 16.7 Å². The first-order valence-electron chi connectivity index (χ1n) is 8.00. The maximum absolute atomic E-state index is 13.3. The molecule has 2 aromatic carbocycles.